The lowest BCUT2D eigenvalue weighted by molar-refractivity contribution is 0.588. The van der Waals surface area contributed by atoms with E-state index in [1.165, 1.54) is 27.8 Å². The first kappa shape index (κ1) is 14.8. The molecule has 2 aromatic carbocycles. The molecule has 0 aliphatic heterocycles. The third-order valence-corrected chi connectivity index (χ3v) is 4.04. The minimum Gasteiger partial charge on any atom is -0.0590 e. The Hall–Kier alpha value is -1.56. The van der Waals surface area contributed by atoms with E-state index in [9.17, 15) is 0 Å². The molecule has 0 N–H and O–H groups in total. The topological polar surface area (TPSA) is 0 Å². The van der Waals surface area contributed by atoms with Crippen LogP contribution < -0.4 is 0 Å². The Morgan fingerprint density at radius 2 is 1.35 bits per heavy atom. The van der Waals surface area contributed by atoms with Crippen molar-refractivity contribution in [3.63, 3.8) is 0 Å². The van der Waals surface area contributed by atoms with Gasteiger partial charge >= 0.3 is 0 Å². The van der Waals surface area contributed by atoms with Crippen LogP contribution in [-0.2, 0) is 5.41 Å². The molecule has 2 aromatic rings. The van der Waals surface area contributed by atoms with Crippen LogP contribution in [0.4, 0.5) is 0 Å². The molecule has 1 unspecified atom stereocenters. The van der Waals surface area contributed by atoms with Crippen LogP contribution in [0.5, 0.6) is 0 Å². The SMILES string of the molecule is Cc1ccc(C(C)c2cc(C)cc(C(C)(C)C)c2)cc1. The molecule has 0 heteroatoms. The van der Waals surface area contributed by atoms with Crippen LogP contribution in [0, 0.1) is 13.8 Å². The third kappa shape index (κ3) is 3.30. The standard InChI is InChI=1S/C20H26/c1-14-7-9-17(10-8-14)16(3)18-11-15(2)12-19(13-18)20(4,5)6/h7-13,16H,1-6H3. The van der Waals surface area contributed by atoms with E-state index in [4.69, 9.17) is 0 Å². The van der Waals surface area contributed by atoms with Gasteiger partial charge < -0.3 is 0 Å². The van der Waals surface area contributed by atoms with Gasteiger partial charge in [-0.3, -0.25) is 0 Å². The van der Waals surface area contributed by atoms with Gasteiger partial charge in [0.15, 0.2) is 0 Å². The van der Waals surface area contributed by atoms with Crippen molar-refractivity contribution in [1.29, 1.82) is 0 Å². The summed E-state index contributed by atoms with van der Waals surface area (Å²) < 4.78 is 0. The van der Waals surface area contributed by atoms with Crippen molar-refractivity contribution in [1.82, 2.24) is 0 Å². The average Bonchev–Trinajstić information content (AvgIpc) is 2.37. The first-order chi connectivity index (χ1) is 9.27. The molecule has 0 saturated heterocycles. The Balaban J connectivity index is 2.42. The molecule has 0 aliphatic carbocycles. The molecule has 20 heavy (non-hydrogen) atoms. The highest BCUT2D eigenvalue weighted by Gasteiger charge is 2.17. The minimum absolute atomic E-state index is 0.202. The monoisotopic (exact) mass is 266 g/mol. The van der Waals surface area contributed by atoms with E-state index in [2.05, 4.69) is 84.0 Å². The Morgan fingerprint density at radius 3 is 1.90 bits per heavy atom. The second-order valence-corrected chi connectivity index (χ2v) is 7.01. The zero-order chi connectivity index (χ0) is 14.9. The molecule has 0 bridgehead atoms. The normalized spacial score (nSPS) is 13.3. The summed E-state index contributed by atoms with van der Waals surface area (Å²) in [5.41, 5.74) is 7.10. The first-order valence-electron chi connectivity index (χ1n) is 7.46. The summed E-state index contributed by atoms with van der Waals surface area (Å²) in [6, 6.07) is 15.9. The van der Waals surface area contributed by atoms with Gasteiger partial charge in [-0.15, -0.1) is 0 Å². The molecule has 2 rings (SSSR count). The van der Waals surface area contributed by atoms with Gasteiger partial charge in [-0.2, -0.15) is 0 Å². The molecule has 0 aromatic heterocycles. The van der Waals surface area contributed by atoms with Crippen LogP contribution in [-0.4, -0.2) is 0 Å². The van der Waals surface area contributed by atoms with Crippen molar-refractivity contribution in [2.75, 3.05) is 0 Å². The van der Waals surface area contributed by atoms with Crippen LogP contribution >= 0.6 is 0 Å². The minimum atomic E-state index is 0.202. The number of hydrogen-bond donors (Lipinski definition) is 0. The van der Waals surface area contributed by atoms with Crippen LogP contribution in [0.25, 0.3) is 0 Å². The maximum absolute atomic E-state index is 2.37. The lowest BCUT2D eigenvalue weighted by atomic mass is 9.82. The fourth-order valence-electron chi connectivity index (χ4n) is 2.54. The Morgan fingerprint density at radius 1 is 0.750 bits per heavy atom. The van der Waals surface area contributed by atoms with E-state index in [1.54, 1.807) is 0 Å². The molecule has 0 radical (unpaired) electrons. The predicted octanol–water partition coefficient (Wildman–Crippen LogP) is 5.75. The summed E-state index contributed by atoms with van der Waals surface area (Å²) >= 11 is 0. The lowest BCUT2D eigenvalue weighted by Crippen LogP contribution is -2.12. The fraction of sp³-hybridized carbons (Fsp3) is 0.400. The summed E-state index contributed by atoms with van der Waals surface area (Å²) in [5.74, 6) is 0.441. The molecule has 0 fully saturated rings. The van der Waals surface area contributed by atoms with E-state index in [-0.39, 0.29) is 5.41 Å². The highest BCUT2D eigenvalue weighted by Crippen LogP contribution is 2.30. The second-order valence-electron chi connectivity index (χ2n) is 7.01. The molecule has 0 saturated carbocycles. The van der Waals surface area contributed by atoms with Gasteiger partial charge in [0, 0.05) is 5.92 Å². The number of benzene rings is 2. The van der Waals surface area contributed by atoms with Gasteiger partial charge in [-0.05, 0) is 36.0 Å². The maximum Gasteiger partial charge on any atom is 0.00612 e. The molecule has 0 nitrogen and oxygen atoms in total. The van der Waals surface area contributed by atoms with E-state index < -0.39 is 0 Å². The van der Waals surface area contributed by atoms with Crippen molar-refractivity contribution >= 4 is 0 Å². The van der Waals surface area contributed by atoms with Crippen molar-refractivity contribution in [3.8, 4) is 0 Å². The fourth-order valence-corrected chi connectivity index (χ4v) is 2.54. The van der Waals surface area contributed by atoms with Gasteiger partial charge in [0.05, 0.1) is 0 Å². The van der Waals surface area contributed by atoms with Crippen molar-refractivity contribution in [2.45, 2.75) is 52.9 Å². The lowest BCUT2D eigenvalue weighted by Gasteiger charge is -2.23. The molecule has 0 aliphatic rings. The quantitative estimate of drug-likeness (QED) is 0.649. The van der Waals surface area contributed by atoms with Crippen molar-refractivity contribution < 1.29 is 0 Å². The highest BCUT2D eigenvalue weighted by atomic mass is 14.2. The molecular weight excluding hydrogens is 240 g/mol. The Bertz CT molecular complexity index is 582. The predicted molar refractivity (Wildman–Crippen MR) is 88.6 cm³/mol. The summed E-state index contributed by atoms with van der Waals surface area (Å²) in [7, 11) is 0. The van der Waals surface area contributed by atoms with Gasteiger partial charge in [0.1, 0.15) is 0 Å². The van der Waals surface area contributed by atoms with E-state index in [1.807, 2.05) is 0 Å². The molecule has 0 amide bonds. The summed E-state index contributed by atoms with van der Waals surface area (Å²) in [6.07, 6.45) is 0. The largest absolute Gasteiger partial charge is 0.0590 e. The van der Waals surface area contributed by atoms with E-state index >= 15 is 0 Å². The Labute approximate surface area is 123 Å². The summed E-state index contributed by atoms with van der Waals surface area (Å²) in [4.78, 5) is 0. The molecule has 1 atom stereocenters. The van der Waals surface area contributed by atoms with E-state index in [0.717, 1.165) is 0 Å². The van der Waals surface area contributed by atoms with Crippen molar-refractivity contribution in [2.24, 2.45) is 0 Å². The smallest absolute Gasteiger partial charge is 0.00612 e. The number of aryl methyl sites for hydroxylation is 2. The molecular formula is C20H26. The zero-order valence-electron chi connectivity index (χ0n) is 13.6. The maximum atomic E-state index is 2.37. The molecule has 0 heterocycles. The Kier molecular flexibility index (Phi) is 4.04. The zero-order valence-corrected chi connectivity index (χ0v) is 13.6. The number of rotatable bonds is 2. The van der Waals surface area contributed by atoms with Crippen LogP contribution in [0.1, 0.15) is 61.4 Å². The highest BCUT2D eigenvalue weighted by molar-refractivity contribution is 5.39. The summed E-state index contributed by atoms with van der Waals surface area (Å²) in [5, 5.41) is 0. The second kappa shape index (κ2) is 5.44. The molecule has 0 spiro atoms. The molecule has 106 valence electrons. The van der Waals surface area contributed by atoms with Crippen LogP contribution in [0.3, 0.4) is 0 Å². The van der Waals surface area contributed by atoms with Crippen LogP contribution in [0.2, 0.25) is 0 Å². The van der Waals surface area contributed by atoms with Gasteiger partial charge in [-0.1, -0.05) is 81.3 Å². The van der Waals surface area contributed by atoms with Gasteiger partial charge in [0.2, 0.25) is 0 Å². The average molecular weight is 266 g/mol. The first-order valence-corrected chi connectivity index (χ1v) is 7.46. The van der Waals surface area contributed by atoms with Gasteiger partial charge in [0.25, 0.3) is 0 Å². The van der Waals surface area contributed by atoms with Gasteiger partial charge in [-0.25, -0.2) is 0 Å². The third-order valence-electron chi connectivity index (χ3n) is 4.04. The number of hydrogen-bond acceptors (Lipinski definition) is 0. The summed E-state index contributed by atoms with van der Waals surface area (Å²) in [6.45, 7) is 13.5. The van der Waals surface area contributed by atoms with Crippen molar-refractivity contribution in [3.05, 3.63) is 70.3 Å². The van der Waals surface area contributed by atoms with E-state index in [0.29, 0.717) is 5.92 Å². The van der Waals surface area contributed by atoms with Crippen LogP contribution in [0.15, 0.2) is 42.5 Å².